The molecule has 10 rings (SSSR count). The summed E-state index contributed by atoms with van der Waals surface area (Å²) < 4.78 is 2.36. The summed E-state index contributed by atoms with van der Waals surface area (Å²) in [6.45, 7) is 26.6. The van der Waals surface area contributed by atoms with E-state index in [4.69, 9.17) is 20.7 Å². The number of nitrogens with zero attached hydrogens (tertiary/aromatic N) is 3. The molecule has 0 bridgehead atoms. The fraction of sp³-hybridized carbons (Fsp3) is 0.235. The Morgan fingerprint density at radius 1 is 0.413 bits per heavy atom. The van der Waals surface area contributed by atoms with E-state index in [9.17, 15) is 4.79 Å². The number of nitrogen functional groups attached to an aromatic ring is 1. The number of para-hydroxylation sites is 4. The van der Waals surface area contributed by atoms with E-state index >= 15 is 0 Å². The number of carbonyl (C=O) groups is 1. The number of rotatable bonds is 7. The zero-order chi connectivity index (χ0) is 53.7. The minimum Gasteiger partial charge on any atom is -0.398 e. The van der Waals surface area contributed by atoms with Crippen molar-refractivity contribution in [3.63, 3.8) is 0 Å². The van der Waals surface area contributed by atoms with Gasteiger partial charge in [0.2, 0.25) is 0 Å². The predicted octanol–water partition coefficient (Wildman–Crippen LogP) is 19.3. The van der Waals surface area contributed by atoms with Crippen LogP contribution < -0.4 is 5.73 Å². The van der Waals surface area contributed by atoms with Crippen molar-refractivity contribution >= 4 is 67.0 Å². The first-order chi connectivity index (χ1) is 35.6. The van der Waals surface area contributed by atoms with Gasteiger partial charge in [0.05, 0.1) is 26.1 Å². The highest BCUT2D eigenvalue weighted by Crippen LogP contribution is 2.41. The number of aldehydes is 1. The monoisotopic (exact) mass is 1020 g/mol. The fourth-order valence-electron chi connectivity index (χ4n) is 8.61. The number of fused-ring (bicyclic) bond motifs is 2. The molecular weight excluding hydrogens is 953 g/mol. The summed E-state index contributed by atoms with van der Waals surface area (Å²) in [6.07, 6.45) is 2.94. The molecule has 2 aromatic heterocycles. The lowest BCUT2D eigenvalue weighted by molar-refractivity contribution is 0.112. The van der Waals surface area contributed by atoms with Crippen LogP contribution >= 0.6 is 22.7 Å². The van der Waals surface area contributed by atoms with Crippen LogP contribution in [0.15, 0.2) is 187 Å². The quantitative estimate of drug-likeness (QED) is 0.0980. The van der Waals surface area contributed by atoms with Gasteiger partial charge in [-0.2, -0.15) is 0 Å². The molecule has 0 unspecified atom stereocenters. The Kier molecular flexibility index (Phi) is 16.0. The van der Waals surface area contributed by atoms with E-state index in [1.807, 2.05) is 60.8 Å². The van der Waals surface area contributed by atoms with Crippen LogP contribution in [0.3, 0.4) is 0 Å². The number of thiazole rings is 2. The lowest BCUT2D eigenvalue weighted by Gasteiger charge is -2.25. The second-order valence-corrected chi connectivity index (χ2v) is 25.3. The minimum absolute atomic E-state index is 0.0687. The highest BCUT2D eigenvalue weighted by Gasteiger charge is 2.22. The van der Waals surface area contributed by atoms with Crippen LogP contribution in [-0.2, 0) is 21.7 Å². The average molecular weight is 1020 g/mol. The Bertz CT molecular complexity index is 3550. The maximum Gasteiger partial charge on any atom is 0.150 e. The Balaban J connectivity index is 0.000000166. The van der Waals surface area contributed by atoms with Gasteiger partial charge in [0.1, 0.15) is 16.3 Å². The minimum atomic E-state index is 0.0687. The molecule has 0 saturated heterocycles. The molecule has 75 heavy (non-hydrogen) atoms. The van der Waals surface area contributed by atoms with Gasteiger partial charge in [0, 0.05) is 39.7 Å². The number of carbonyl (C=O) groups excluding carboxylic acids is 1. The largest absolute Gasteiger partial charge is 0.398 e. The number of hydrogen-bond acceptors (Lipinski definition) is 7. The third kappa shape index (κ3) is 13.1. The van der Waals surface area contributed by atoms with Crippen molar-refractivity contribution < 1.29 is 4.79 Å². The molecule has 0 spiro atoms. The van der Waals surface area contributed by atoms with E-state index in [0.29, 0.717) is 0 Å². The molecule has 2 N–H and O–H groups in total. The third-order valence-corrected chi connectivity index (χ3v) is 15.3. The Labute approximate surface area is 453 Å². The van der Waals surface area contributed by atoms with Crippen LogP contribution in [0.5, 0.6) is 0 Å². The van der Waals surface area contributed by atoms with Crippen LogP contribution in [0.1, 0.15) is 121 Å². The molecular formula is C68H70N4OS2. The lowest BCUT2D eigenvalue weighted by Crippen LogP contribution is -2.17. The lowest BCUT2D eigenvalue weighted by atomic mass is 9.79. The van der Waals surface area contributed by atoms with Crippen molar-refractivity contribution in [1.82, 2.24) is 9.97 Å². The summed E-state index contributed by atoms with van der Waals surface area (Å²) in [5, 5.41) is 1.96. The van der Waals surface area contributed by atoms with Gasteiger partial charge in [-0.1, -0.05) is 204 Å². The Morgan fingerprint density at radius 2 is 0.787 bits per heavy atom. The van der Waals surface area contributed by atoms with E-state index in [-0.39, 0.29) is 21.7 Å². The highest BCUT2D eigenvalue weighted by molar-refractivity contribution is 7.22. The second kappa shape index (κ2) is 22.3. The molecule has 0 fully saturated rings. The van der Waals surface area contributed by atoms with Gasteiger partial charge in [-0.05, 0) is 121 Å². The van der Waals surface area contributed by atoms with Gasteiger partial charge >= 0.3 is 0 Å². The maximum atomic E-state index is 11.0. The molecule has 8 aromatic carbocycles. The zero-order valence-corrected chi connectivity index (χ0v) is 47.3. The summed E-state index contributed by atoms with van der Waals surface area (Å²) in [6, 6.07) is 62.9. The average Bonchev–Trinajstić information content (AvgIpc) is 4.03. The SMILES string of the molecule is CC(C)(C)c1cc(C=Nc2ccccc2-c2nc3c(-c4ccccc4)cccc3s2)cc(C(C)(C)C)c1.CC(C)(C)c1cc(C=O)cc(C(C)(C)C)c1.Nc1ccccc1-c1nc2c(-c3ccccc3)cccc2s1. The molecule has 0 aliphatic heterocycles. The van der Waals surface area contributed by atoms with Gasteiger partial charge in [0.25, 0.3) is 0 Å². The summed E-state index contributed by atoms with van der Waals surface area (Å²) in [7, 11) is 0. The number of aliphatic imine (C=N–C) groups is 1. The number of aromatic nitrogens is 2. The molecule has 0 radical (unpaired) electrons. The Hall–Kier alpha value is -7.32. The van der Waals surface area contributed by atoms with Gasteiger partial charge in [-0.15, -0.1) is 22.7 Å². The van der Waals surface area contributed by atoms with Crippen molar-refractivity contribution in [3.05, 3.63) is 215 Å². The molecule has 380 valence electrons. The van der Waals surface area contributed by atoms with Crippen LogP contribution in [0.25, 0.3) is 63.8 Å². The maximum absolute atomic E-state index is 11.0. The van der Waals surface area contributed by atoms with E-state index in [0.717, 1.165) is 72.1 Å². The van der Waals surface area contributed by atoms with Crippen LogP contribution in [0.2, 0.25) is 0 Å². The van der Waals surface area contributed by atoms with Gasteiger partial charge in [-0.25, -0.2) is 9.97 Å². The van der Waals surface area contributed by atoms with Gasteiger partial charge in [0.15, 0.2) is 0 Å². The number of nitrogens with two attached hydrogens (primary N) is 1. The molecule has 0 saturated carbocycles. The fourth-order valence-corrected chi connectivity index (χ4v) is 10.7. The molecule has 0 aliphatic carbocycles. The second-order valence-electron chi connectivity index (χ2n) is 23.2. The molecule has 0 amide bonds. The van der Waals surface area contributed by atoms with E-state index in [1.54, 1.807) is 22.7 Å². The zero-order valence-electron chi connectivity index (χ0n) is 45.6. The molecule has 2 heterocycles. The Morgan fingerprint density at radius 3 is 1.21 bits per heavy atom. The molecule has 10 aromatic rings. The van der Waals surface area contributed by atoms with Crippen molar-refractivity contribution in [1.29, 1.82) is 0 Å². The topological polar surface area (TPSA) is 81.2 Å². The number of hydrogen-bond donors (Lipinski definition) is 1. The van der Waals surface area contributed by atoms with Gasteiger partial charge < -0.3 is 5.73 Å². The van der Waals surface area contributed by atoms with Crippen LogP contribution in [0, 0.1) is 0 Å². The molecule has 0 aliphatic rings. The summed E-state index contributed by atoms with van der Waals surface area (Å²) in [5.41, 5.74) is 23.9. The number of benzene rings is 8. The first-order valence-corrected chi connectivity index (χ1v) is 27.4. The summed E-state index contributed by atoms with van der Waals surface area (Å²) in [4.78, 5) is 25.9. The van der Waals surface area contributed by atoms with Crippen molar-refractivity contribution in [2.45, 2.75) is 105 Å². The normalized spacial score (nSPS) is 12.1. The van der Waals surface area contributed by atoms with Crippen molar-refractivity contribution in [3.8, 4) is 43.4 Å². The van der Waals surface area contributed by atoms with Gasteiger partial charge in [-0.3, -0.25) is 9.79 Å². The summed E-state index contributed by atoms with van der Waals surface area (Å²) >= 11 is 3.40. The van der Waals surface area contributed by atoms with E-state index < -0.39 is 0 Å². The molecule has 7 heteroatoms. The smallest absolute Gasteiger partial charge is 0.150 e. The first kappa shape index (κ1) is 54.0. The van der Waals surface area contributed by atoms with E-state index in [2.05, 4.69) is 210 Å². The molecule has 0 atom stereocenters. The van der Waals surface area contributed by atoms with Crippen LogP contribution in [-0.4, -0.2) is 22.5 Å². The van der Waals surface area contributed by atoms with Crippen molar-refractivity contribution in [2.75, 3.05) is 5.73 Å². The first-order valence-electron chi connectivity index (χ1n) is 25.7. The summed E-state index contributed by atoms with van der Waals surface area (Å²) in [5.74, 6) is 0. The molecule has 5 nitrogen and oxygen atoms in total. The highest BCUT2D eigenvalue weighted by atomic mass is 32.1. The van der Waals surface area contributed by atoms with Crippen LogP contribution in [0.4, 0.5) is 11.4 Å². The standard InChI is InChI=1S/C34H34N2S.C19H14N2S.C15H22O/c1-33(2,3)25-19-23(20-26(21-25)34(4,5)6)22-35-29-17-11-10-15-28(29)32-36-31-27(16-12-18-30(31)37-32)24-13-8-7-9-14-24;20-16-11-5-4-9-15(16)19-21-18-14(10-6-12-17(18)22-19)13-7-2-1-3-8-13;1-14(2,3)12-7-11(10-16)8-13(9-12)15(4,5)6/h7-22H,1-6H3;1-12H,20H2;7-10H,1-6H3. The predicted molar refractivity (Wildman–Crippen MR) is 326 cm³/mol. The third-order valence-electron chi connectivity index (χ3n) is 13.2. The van der Waals surface area contributed by atoms with Crippen molar-refractivity contribution in [2.24, 2.45) is 4.99 Å². The number of anilines is 1. The van der Waals surface area contributed by atoms with E-state index in [1.165, 1.54) is 42.8 Å².